The van der Waals surface area contributed by atoms with Crippen molar-refractivity contribution in [3.8, 4) is 0 Å². The fraction of sp³-hybridized carbons (Fsp3) is 0.263. The molecule has 144 valence electrons. The molecule has 2 rings (SSSR count). The Morgan fingerprint density at radius 1 is 1.04 bits per heavy atom. The highest BCUT2D eigenvalue weighted by Crippen LogP contribution is 2.19. The van der Waals surface area contributed by atoms with E-state index in [2.05, 4.69) is 4.72 Å². The Morgan fingerprint density at radius 2 is 1.63 bits per heavy atom. The number of esters is 1. The summed E-state index contributed by atoms with van der Waals surface area (Å²) in [7, 11) is -3.56. The molecule has 7 nitrogen and oxygen atoms in total. The summed E-state index contributed by atoms with van der Waals surface area (Å²) in [5.74, 6) is -1.16. The standard InChI is InChI=1S/C19H22N2O5S/c1-14(2)21(15-9-5-4-6-10-15)18(22)13-26-19(23)16-11-7-8-12-17(16)20-27(3,24)25/h4-12,14,20H,13H2,1-3H3. The Bertz CT molecular complexity index is 911. The molecule has 0 radical (unpaired) electrons. The molecular formula is C19H22N2O5S. The van der Waals surface area contributed by atoms with Gasteiger partial charge >= 0.3 is 5.97 Å². The molecule has 0 spiro atoms. The number of rotatable bonds is 7. The zero-order valence-corrected chi connectivity index (χ0v) is 16.2. The van der Waals surface area contributed by atoms with Crippen LogP contribution in [0.4, 0.5) is 11.4 Å². The lowest BCUT2D eigenvalue weighted by atomic mass is 10.2. The minimum Gasteiger partial charge on any atom is -0.452 e. The molecule has 0 atom stereocenters. The second-order valence-corrected chi connectivity index (χ2v) is 7.94. The minimum atomic E-state index is -3.56. The Balaban J connectivity index is 2.12. The number of carbonyl (C=O) groups is 2. The molecule has 0 heterocycles. The first-order valence-electron chi connectivity index (χ1n) is 8.30. The average Bonchev–Trinajstić information content (AvgIpc) is 2.59. The van der Waals surface area contributed by atoms with Gasteiger partial charge in [0, 0.05) is 11.7 Å². The van der Waals surface area contributed by atoms with Crippen molar-refractivity contribution in [2.24, 2.45) is 0 Å². The summed E-state index contributed by atoms with van der Waals surface area (Å²) in [6.07, 6.45) is 0.985. The Hall–Kier alpha value is -2.87. The van der Waals surface area contributed by atoms with Crippen LogP contribution in [0.2, 0.25) is 0 Å². The molecule has 0 saturated heterocycles. The zero-order chi connectivity index (χ0) is 20.0. The first-order valence-corrected chi connectivity index (χ1v) is 10.2. The molecule has 0 bridgehead atoms. The largest absolute Gasteiger partial charge is 0.452 e. The van der Waals surface area contributed by atoms with Crippen molar-refractivity contribution in [1.82, 2.24) is 0 Å². The van der Waals surface area contributed by atoms with Crippen LogP contribution in [0.3, 0.4) is 0 Å². The molecule has 0 unspecified atom stereocenters. The summed E-state index contributed by atoms with van der Waals surface area (Å²) < 4.78 is 30.3. The van der Waals surface area contributed by atoms with Crippen LogP contribution in [-0.2, 0) is 19.6 Å². The SMILES string of the molecule is CC(C)N(C(=O)COC(=O)c1ccccc1NS(C)(=O)=O)c1ccccc1. The molecule has 8 heteroatoms. The van der Waals surface area contributed by atoms with Crippen LogP contribution < -0.4 is 9.62 Å². The highest BCUT2D eigenvalue weighted by molar-refractivity contribution is 7.92. The van der Waals surface area contributed by atoms with E-state index >= 15 is 0 Å². The first-order chi connectivity index (χ1) is 12.7. The summed E-state index contributed by atoms with van der Waals surface area (Å²) in [5, 5.41) is 0. The summed E-state index contributed by atoms with van der Waals surface area (Å²) >= 11 is 0. The van der Waals surface area contributed by atoms with Crippen molar-refractivity contribution in [3.63, 3.8) is 0 Å². The molecule has 0 fully saturated rings. The van der Waals surface area contributed by atoms with Crippen LogP contribution in [0.1, 0.15) is 24.2 Å². The lowest BCUT2D eigenvalue weighted by Gasteiger charge is -2.26. The molecule has 2 aromatic rings. The normalized spacial score (nSPS) is 11.1. The maximum atomic E-state index is 12.6. The maximum Gasteiger partial charge on any atom is 0.340 e. The van der Waals surface area contributed by atoms with Gasteiger partial charge in [0.05, 0.1) is 17.5 Å². The fourth-order valence-electron chi connectivity index (χ4n) is 2.54. The number of nitrogens with zero attached hydrogens (tertiary/aromatic N) is 1. The van der Waals surface area contributed by atoms with Gasteiger partial charge in [0.15, 0.2) is 6.61 Å². The Labute approximate surface area is 159 Å². The van der Waals surface area contributed by atoms with E-state index in [1.807, 2.05) is 32.0 Å². The molecule has 0 aliphatic carbocycles. The van der Waals surface area contributed by atoms with Crippen molar-refractivity contribution in [1.29, 1.82) is 0 Å². The van der Waals surface area contributed by atoms with E-state index < -0.39 is 22.6 Å². The minimum absolute atomic E-state index is 0.0338. The highest BCUT2D eigenvalue weighted by Gasteiger charge is 2.22. The predicted molar refractivity (Wildman–Crippen MR) is 104 cm³/mol. The topological polar surface area (TPSA) is 92.8 Å². The average molecular weight is 390 g/mol. The number of carbonyl (C=O) groups excluding carboxylic acids is 2. The number of hydrogen-bond donors (Lipinski definition) is 1. The lowest BCUT2D eigenvalue weighted by Crippen LogP contribution is -2.39. The van der Waals surface area contributed by atoms with E-state index in [0.29, 0.717) is 5.69 Å². The Kier molecular flexibility index (Phi) is 6.57. The van der Waals surface area contributed by atoms with Gasteiger partial charge in [-0.05, 0) is 38.1 Å². The second kappa shape index (κ2) is 8.68. The molecule has 27 heavy (non-hydrogen) atoms. The number of amides is 1. The number of ether oxygens (including phenoxy) is 1. The van der Waals surface area contributed by atoms with Crippen LogP contribution in [0, 0.1) is 0 Å². The van der Waals surface area contributed by atoms with Gasteiger partial charge in [-0.2, -0.15) is 0 Å². The van der Waals surface area contributed by atoms with Crippen LogP contribution in [-0.4, -0.2) is 39.2 Å². The number of nitrogens with one attached hydrogen (secondary N) is 1. The molecular weight excluding hydrogens is 368 g/mol. The summed E-state index contributed by atoms with van der Waals surface area (Å²) in [4.78, 5) is 26.5. The smallest absolute Gasteiger partial charge is 0.340 e. The third-order valence-electron chi connectivity index (χ3n) is 3.59. The molecule has 0 aliphatic heterocycles. The van der Waals surface area contributed by atoms with Gasteiger partial charge in [-0.3, -0.25) is 9.52 Å². The molecule has 0 saturated carbocycles. The number of sulfonamides is 1. The van der Waals surface area contributed by atoms with E-state index in [1.54, 1.807) is 24.3 Å². The van der Waals surface area contributed by atoms with Crippen molar-refractivity contribution >= 4 is 33.3 Å². The summed E-state index contributed by atoms with van der Waals surface area (Å²) in [5.41, 5.74) is 0.834. The number of benzene rings is 2. The molecule has 0 aliphatic rings. The van der Waals surface area contributed by atoms with Gasteiger partial charge in [0.25, 0.3) is 5.91 Å². The number of para-hydroxylation sites is 2. The van der Waals surface area contributed by atoms with E-state index in [1.165, 1.54) is 17.0 Å². The molecule has 2 aromatic carbocycles. The second-order valence-electron chi connectivity index (χ2n) is 6.19. The van der Waals surface area contributed by atoms with Gasteiger partial charge in [-0.1, -0.05) is 30.3 Å². The van der Waals surface area contributed by atoms with E-state index in [-0.39, 0.29) is 23.2 Å². The van der Waals surface area contributed by atoms with Crippen LogP contribution in [0.25, 0.3) is 0 Å². The van der Waals surface area contributed by atoms with Gasteiger partial charge in [0.2, 0.25) is 10.0 Å². The van der Waals surface area contributed by atoms with Gasteiger partial charge in [-0.15, -0.1) is 0 Å². The zero-order valence-electron chi connectivity index (χ0n) is 15.4. The predicted octanol–water partition coefficient (Wildman–Crippen LogP) is 2.66. The van der Waals surface area contributed by atoms with Crippen molar-refractivity contribution in [2.45, 2.75) is 19.9 Å². The van der Waals surface area contributed by atoms with Crippen molar-refractivity contribution in [2.75, 3.05) is 22.5 Å². The first kappa shape index (κ1) is 20.4. The third kappa shape index (κ3) is 5.82. The third-order valence-corrected chi connectivity index (χ3v) is 4.18. The van der Waals surface area contributed by atoms with Gasteiger partial charge in [-0.25, -0.2) is 13.2 Å². The van der Waals surface area contributed by atoms with E-state index in [4.69, 9.17) is 4.74 Å². The molecule has 1 N–H and O–H groups in total. The highest BCUT2D eigenvalue weighted by atomic mass is 32.2. The number of anilines is 2. The van der Waals surface area contributed by atoms with Crippen molar-refractivity contribution < 1.29 is 22.7 Å². The maximum absolute atomic E-state index is 12.6. The monoisotopic (exact) mass is 390 g/mol. The van der Waals surface area contributed by atoms with Crippen LogP contribution in [0.5, 0.6) is 0 Å². The fourth-order valence-corrected chi connectivity index (χ4v) is 3.12. The van der Waals surface area contributed by atoms with Crippen LogP contribution >= 0.6 is 0 Å². The summed E-state index contributed by atoms with van der Waals surface area (Å²) in [6.45, 7) is 3.26. The lowest BCUT2D eigenvalue weighted by molar-refractivity contribution is -0.122. The molecule has 0 aromatic heterocycles. The van der Waals surface area contributed by atoms with E-state index in [9.17, 15) is 18.0 Å². The van der Waals surface area contributed by atoms with Gasteiger partial charge in [0.1, 0.15) is 0 Å². The van der Waals surface area contributed by atoms with Crippen molar-refractivity contribution in [3.05, 3.63) is 60.2 Å². The summed E-state index contributed by atoms with van der Waals surface area (Å²) in [6, 6.07) is 15.0. The Morgan fingerprint density at radius 3 is 2.22 bits per heavy atom. The van der Waals surface area contributed by atoms with Crippen LogP contribution in [0.15, 0.2) is 54.6 Å². The number of hydrogen-bond acceptors (Lipinski definition) is 5. The quantitative estimate of drug-likeness (QED) is 0.734. The van der Waals surface area contributed by atoms with E-state index in [0.717, 1.165) is 6.26 Å². The molecule has 1 amide bonds. The van der Waals surface area contributed by atoms with Gasteiger partial charge < -0.3 is 9.64 Å².